The Kier molecular flexibility index (Phi) is 5.43. The predicted octanol–water partition coefficient (Wildman–Crippen LogP) is 5.94. The monoisotopic (exact) mass is 460 g/mol. The molecule has 0 atom stereocenters. The molecule has 3 N–H and O–H groups in total. The Balaban J connectivity index is 1.67. The number of halogens is 5. The van der Waals surface area contributed by atoms with E-state index >= 15 is 0 Å². The van der Waals surface area contributed by atoms with Gasteiger partial charge in [-0.2, -0.15) is 13.2 Å². The van der Waals surface area contributed by atoms with E-state index in [-0.39, 0.29) is 11.6 Å². The fraction of sp³-hybridized carbons (Fsp3) is 0.0455. The number of alkyl halides is 3. The molecule has 0 aliphatic carbocycles. The van der Waals surface area contributed by atoms with Gasteiger partial charge in [0.05, 0.1) is 16.6 Å². The largest absolute Gasteiger partial charge is 0.419 e. The maximum absolute atomic E-state index is 14.3. The molecule has 0 unspecified atom stereocenters. The summed E-state index contributed by atoms with van der Waals surface area (Å²) in [7, 11) is 0. The van der Waals surface area contributed by atoms with Crippen molar-refractivity contribution in [3.8, 4) is 11.1 Å². The first-order chi connectivity index (χ1) is 15.1. The van der Waals surface area contributed by atoms with Gasteiger partial charge in [0, 0.05) is 27.9 Å². The van der Waals surface area contributed by atoms with Crippen LogP contribution in [0, 0.1) is 5.82 Å². The molecule has 0 radical (unpaired) electrons. The van der Waals surface area contributed by atoms with E-state index in [1.165, 1.54) is 18.2 Å². The van der Waals surface area contributed by atoms with Crippen LogP contribution in [0.25, 0.3) is 22.0 Å². The first-order valence-corrected chi connectivity index (χ1v) is 9.50. The zero-order valence-corrected chi connectivity index (χ0v) is 16.8. The van der Waals surface area contributed by atoms with Gasteiger partial charge >= 0.3 is 6.18 Å². The molecule has 5 nitrogen and oxygen atoms in total. The Morgan fingerprint density at radius 2 is 1.84 bits per heavy atom. The third-order valence-electron chi connectivity index (χ3n) is 4.68. The number of nitrogens with zero attached hydrogens (tertiary/aromatic N) is 2. The van der Waals surface area contributed by atoms with E-state index in [4.69, 9.17) is 17.3 Å². The number of anilines is 2. The number of hydrogen-bond donors (Lipinski definition) is 2. The van der Waals surface area contributed by atoms with Crippen molar-refractivity contribution in [1.82, 2.24) is 9.97 Å². The predicted molar refractivity (Wildman–Crippen MR) is 114 cm³/mol. The lowest BCUT2D eigenvalue weighted by Gasteiger charge is -2.13. The lowest BCUT2D eigenvalue weighted by molar-refractivity contribution is -0.140. The van der Waals surface area contributed by atoms with Crippen molar-refractivity contribution >= 4 is 40.0 Å². The summed E-state index contributed by atoms with van der Waals surface area (Å²) < 4.78 is 53.1. The van der Waals surface area contributed by atoms with Gasteiger partial charge in [-0.3, -0.25) is 4.79 Å². The normalized spacial score (nSPS) is 11.5. The molecule has 0 aliphatic heterocycles. The average molecular weight is 461 g/mol. The van der Waals surface area contributed by atoms with E-state index in [0.29, 0.717) is 33.1 Å². The van der Waals surface area contributed by atoms with E-state index in [2.05, 4.69) is 15.3 Å². The maximum Gasteiger partial charge on any atom is 0.419 e. The quantitative estimate of drug-likeness (QED) is 0.371. The van der Waals surface area contributed by atoms with E-state index in [9.17, 15) is 22.4 Å². The molecule has 3 aromatic carbocycles. The van der Waals surface area contributed by atoms with Gasteiger partial charge in [-0.25, -0.2) is 14.4 Å². The number of nitrogen functional groups attached to an aromatic ring is 1. The molecule has 10 heteroatoms. The Morgan fingerprint density at radius 1 is 1.06 bits per heavy atom. The third kappa shape index (κ3) is 4.19. The summed E-state index contributed by atoms with van der Waals surface area (Å²) in [5.41, 5.74) is 5.41. The summed E-state index contributed by atoms with van der Waals surface area (Å²) >= 11 is 6.31. The van der Waals surface area contributed by atoms with Gasteiger partial charge in [0.2, 0.25) is 5.95 Å². The van der Waals surface area contributed by atoms with E-state index in [1.807, 2.05) is 0 Å². The number of amides is 1. The molecule has 4 aromatic rings. The van der Waals surface area contributed by atoms with E-state index in [0.717, 1.165) is 12.1 Å². The lowest BCUT2D eigenvalue weighted by atomic mass is 10.0. The van der Waals surface area contributed by atoms with Crippen LogP contribution in [0.15, 0.2) is 60.8 Å². The van der Waals surface area contributed by atoms with Gasteiger partial charge in [0.25, 0.3) is 5.91 Å². The summed E-state index contributed by atoms with van der Waals surface area (Å²) in [6.07, 6.45) is -3.37. The van der Waals surface area contributed by atoms with Crippen LogP contribution in [-0.2, 0) is 6.18 Å². The number of carbonyl (C=O) groups excluding carboxylic acids is 1. The van der Waals surface area contributed by atoms with Crippen LogP contribution >= 0.6 is 11.6 Å². The van der Waals surface area contributed by atoms with Gasteiger partial charge < -0.3 is 11.1 Å². The highest BCUT2D eigenvalue weighted by Crippen LogP contribution is 2.34. The number of fused-ring (bicyclic) bond motifs is 1. The van der Waals surface area contributed by atoms with Gasteiger partial charge in [-0.1, -0.05) is 23.7 Å². The minimum atomic E-state index is -4.92. The Morgan fingerprint density at radius 3 is 2.59 bits per heavy atom. The van der Waals surface area contributed by atoms with Crippen molar-refractivity contribution in [3.63, 3.8) is 0 Å². The molecule has 0 spiro atoms. The second-order valence-corrected chi connectivity index (χ2v) is 7.22. The number of carbonyl (C=O) groups is 1. The van der Waals surface area contributed by atoms with Crippen LogP contribution in [0.5, 0.6) is 0 Å². The fourth-order valence-corrected chi connectivity index (χ4v) is 3.39. The fourth-order valence-electron chi connectivity index (χ4n) is 3.16. The van der Waals surface area contributed by atoms with Gasteiger partial charge in [0.1, 0.15) is 5.82 Å². The zero-order valence-electron chi connectivity index (χ0n) is 16.0. The maximum atomic E-state index is 14.3. The standard InChI is InChI=1S/C22H13ClF4N4O/c23-17-6-5-13(30-20(32)14-2-1-3-16(19(14)24)22(25,26)27)9-15(17)11-4-7-18-12(8-11)10-29-21(28)31-18/h1-10H,(H,30,32)(H2,28,29,31). The first-order valence-electron chi connectivity index (χ1n) is 9.13. The summed E-state index contributed by atoms with van der Waals surface area (Å²) in [4.78, 5) is 20.5. The molecule has 32 heavy (non-hydrogen) atoms. The van der Waals surface area contributed by atoms with Crippen molar-refractivity contribution in [1.29, 1.82) is 0 Å². The number of aromatic nitrogens is 2. The van der Waals surface area contributed by atoms with Crippen molar-refractivity contribution in [2.75, 3.05) is 11.1 Å². The SMILES string of the molecule is Nc1ncc2cc(-c3cc(NC(=O)c4cccc(C(F)(F)F)c4F)ccc3Cl)ccc2n1. The zero-order chi connectivity index (χ0) is 23.0. The van der Waals surface area contributed by atoms with Crippen LogP contribution in [-0.4, -0.2) is 15.9 Å². The van der Waals surface area contributed by atoms with Crippen molar-refractivity contribution < 1.29 is 22.4 Å². The Hall–Kier alpha value is -3.72. The van der Waals surface area contributed by atoms with Crippen LogP contribution in [0.3, 0.4) is 0 Å². The summed E-state index contributed by atoms with van der Waals surface area (Å²) in [5.74, 6) is -2.53. The highest BCUT2D eigenvalue weighted by atomic mass is 35.5. The number of rotatable bonds is 3. The van der Waals surface area contributed by atoms with Gasteiger partial charge in [-0.15, -0.1) is 0 Å². The molecule has 0 saturated heterocycles. The van der Waals surface area contributed by atoms with Crippen LogP contribution in [0.2, 0.25) is 5.02 Å². The molecule has 1 heterocycles. The summed E-state index contributed by atoms with van der Waals surface area (Å²) in [5, 5.41) is 3.48. The molecule has 0 fully saturated rings. The number of nitrogens with two attached hydrogens (primary N) is 1. The number of hydrogen-bond acceptors (Lipinski definition) is 4. The molecular weight excluding hydrogens is 448 g/mol. The van der Waals surface area contributed by atoms with Crippen LogP contribution in [0.4, 0.5) is 29.2 Å². The highest BCUT2D eigenvalue weighted by Gasteiger charge is 2.35. The van der Waals surface area contributed by atoms with E-state index < -0.39 is 29.0 Å². The number of nitrogens with one attached hydrogen (secondary N) is 1. The van der Waals surface area contributed by atoms with Gasteiger partial charge in [-0.05, 0) is 48.0 Å². The van der Waals surface area contributed by atoms with Crippen molar-refractivity contribution in [2.24, 2.45) is 0 Å². The smallest absolute Gasteiger partial charge is 0.368 e. The average Bonchev–Trinajstić information content (AvgIpc) is 2.74. The van der Waals surface area contributed by atoms with Crippen molar-refractivity contribution in [3.05, 3.63) is 82.8 Å². The first kappa shape index (κ1) is 21.5. The molecule has 0 aliphatic rings. The Bertz CT molecular complexity index is 1360. The summed E-state index contributed by atoms with van der Waals surface area (Å²) in [6, 6.07) is 12.3. The molecule has 1 amide bonds. The molecule has 4 rings (SSSR count). The molecular formula is C22H13ClF4N4O. The second-order valence-electron chi connectivity index (χ2n) is 6.82. The van der Waals surface area contributed by atoms with Crippen LogP contribution in [0.1, 0.15) is 15.9 Å². The Labute approximate surface area is 183 Å². The van der Waals surface area contributed by atoms with Crippen molar-refractivity contribution in [2.45, 2.75) is 6.18 Å². The van der Waals surface area contributed by atoms with Crippen LogP contribution < -0.4 is 11.1 Å². The molecule has 162 valence electrons. The molecule has 0 bridgehead atoms. The van der Waals surface area contributed by atoms with Gasteiger partial charge in [0.15, 0.2) is 0 Å². The lowest BCUT2D eigenvalue weighted by Crippen LogP contribution is -2.17. The summed E-state index contributed by atoms with van der Waals surface area (Å²) in [6.45, 7) is 0. The topological polar surface area (TPSA) is 80.9 Å². The second kappa shape index (κ2) is 8.08. The minimum Gasteiger partial charge on any atom is -0.368 e. The van der Waals surface area contributed by atoms with E-state index in [1.54, 1.807) is 24.4 Å². The highest BCUT2D eigenvalue weighted by molar-refractivity contribution is 6.33. The molecule has 1 aromatic heterocycles. The number of benzene rings is 3. The minimum absolute atomic E-state index is 0.134. The third-order valence-corrected chi connectivity index (χ3v) is 5.01. The molecule has 0 saturated carbocycles.